The fraction of sp³-hybridized carbons (Fsp3) is 0.778. The van der Waals surface area contributed by atoms with E-state index in [9.17, 15) is 9.59 Å². The molecule has 1 aliphatic carbocycles. The maximum atomic E-state index is 11.1. The Morgan fingerprint density at radius 3 is 1.73 bits per heavy atom. The Bertz CT molecular complexity index is 224. The molecule has 1 saturated carbocycles. The van der Waals surface area contributed by atoms with Gasteiger partial charge < -0.3 is 10.6 Å². The Morgan fingerprint density at radius 2 is 1.40 bits per heavy atom. The van der Waals surface area contributed by atoms with E-state index < -0.39 is 0 Å². The van der Waals surface area contributed by atoms with Crippen molar-refractivity contribution in [2.75, 3.05) is 10.7 Å². The lowest BCUT2D eigenvalue weighted by Gasteiger charge is -2.13. The molecule has 0 radical (unpaired) electrons. The molecule has 2 N–H and O–H groups in total. The van der Waals surface area contributed by atoms with Crippen LogP contribution in [0, 0.1) is 0 Å². The Labute approximate surface area is 106 Å². The molecule has 1 fully saturated rings. The second-order valence-corrected chi connectivity index (χ2v) is 4.73. The van der Waals surface area contributed by atoms with Crippen molar-refractivity contribution < 1.29 is 9.59 Å². The van der Waals surface area contributed by atoms with Gasteiger partial charge in [-0.05, 0) is 19.3 Å². The highest BCUT2D eigenvalue weighted by atomic mass is 79.9. The lowest BCUT2D eigenvalue weighted by atomic mass is 10.2. The Hall–Kier alpha value is -0.100. The summed E-state index contributed by atoms with van der Waals surface area (Å²) in [5.74, 6) is 0.0138. The zero-order valence-corrected chi connectivity index (χ0v) is 11.4. The van der Waals surface area contributed by atoms with E-state index in [2.05, 4.69) is 42.5 Å². The summed E-state index contributed by atoms with van der Waals surface area (Å²) in [5.41, 5.74) is 0. The van der Waals surface area contributed by atoms with Crippen LogP contribution in [0.25, 0.3) is 0 Å². The van der Waals surface area contributed by atoms with Crippen LogP contribution in [0.1, 0.15) is 19.3 Å². The molecule has 0 unspecified atom stereocenters. The number of halogens is 2. The second-order valence-electron chi connectivity index (χ2n) is 3.61. The van der Waals surface area contributed by atoms with Crippen molar-refractivity contribution in [1.82, 2.24) is 10.6 Å². The summed E-state index contributed by atoms with van der Waals surface area (Å²) in [6.45, 7) is 0. The van der Waals surface area contributed by atoms with E-state index in [1.807, 2.05) is 0 Å². The van der Waals surface area contributed by atoms with E-state index in [0.717, 1.165) is 19.3 Å². The van der Waals surface area contributed by atoms with E-state index in [4.69, 9.17) is 0 Å². The molecular formula is C9H14Br2N2O2. The molecule has 1 aliphatic rings. The van der Waals surface area contributed by atoms with Crippen LogP contribution in [-0.4, -0.2) is 34.6 Å². The summed E-state index contributed by atoms with van der Waals surface area (Å²) in [6, 6.07) is 0.409. The summed E-state index contributed by atoms with van der Waals surface area (Å²) in [6.07, 6.45) is 2.70. The van der Waals surface area contributed by atoms with Gasteiger partial charge in [-0.25, -0.2) is 0 Å². The number of carbonyl (C=O) groups excluding carboxylic acids is 2. The molecule has 0 aromatic rings. The van der Waals surface area contributed by atoms with Gasteiger partial charge in [-0.3, -0.25) is 9.59 Å². The topological polar surface area (TPSA) is 58.2 Å². The van der Waals surface area contributed by atoms with E-state index in [1.54, 1.807) is 0 Å². The lowest BCUT2D eigenvalue weighted by Crippen LogP contribution is -2.37. The van der Waals surface area contributed by atoms with Crippen molar-refractivity contribution in [2.24, 2.45) is 0 Å². The zero-order chi connectivity index (χ0) is 11.3. The molecule has 0 aromatic carbocycles. The first-order valence-electron chi connectivity index (χ1n) is 4.86. The second kappa shape index (κ2) is 6.48. The first kappa shape index (κ1) is 13.0. The maximum absolute atomic E-state index is 11.1. The van der Waals surface area contributed by atoms with Gasteiger partial charge in [0.15, 0.2) is 0 Å². The molecule has 15 heavy (non-hydrogen) atoms. The number of nitrogens with one attached hydrogen (secondary N) is 2. The molecule has 0 heterocycles. The average Bonchev–Trinajstić information content (AvgIpc) is 2.65. The normalized spacial score (nSPS) is 24.9. The minimum atomic E-state index is 0.00691. The standard InChI is InChI=1S/C9H14Br2N2O2/c10-4-8(14)12-6-1-2-7(3-6)13-9(15)5-11/h6-7H,1-5H2,(H,12,14)(H,13,15)/t6-,7+. The number of hydrogen-bond donors (Lipinski definition) is 2. The first-order valence-corrected chi connectivity index (χ1v) is 7.10. The molecular weight excluding hydrogens is 328 g/mol. The van der Waals surface area contributed by atoms with E-state index in [-0.39, 0.29) is 23.9 Å². The van der Waals surface area contributed by atoms with Crippen LogP contribution in [0.4, 0.5) is 0 Å². The van der Waals surface area contributed by atoms with Gasteiger partial charge in [0.25, 0.3) is 0 Å². The molecule has 0 saturated heterocycles. The first-order chi connectivity index (χ1) is 7.15. The summed E-state index contributed by atoms with van der Waals surface area (Å²) >= 11 is 6.20. The van der Waals surface area contributed by atoms with Gasteiger partial charge in [0.1, 0.15) is 0 Å². The lowest BCUT2D eigenvalue weighted by molar-refractivity contribution is -0.119. The van der Waals surface area contributed by atoms with Crippen LogP contribution in [0.15, 0.2) is 0 Å². The SMILES string of the molecule is O=C(CBr)N[C@@H]1CC[C@H](NC(=O)CBr)C1. The van der Waals surface area contributed by atoms with Gasteiger partial charge in [0.05, 0.1) is 10.7 Å². The smallest absolute Gasteiger partial charge is 0.230 e. The Kier molecular flexibility index (Phi) is 5.60. The minimum absolute atomic E-state index is 0.00691. The number of rotatable bonds is 4. The molecule has 0 spiro atoms. The molecule has 0 aromatic heterocycles. The third-order valence-corrected chi connectivity index (χ3v) is 3.42. The summed E-state index contributed by atoms with van der Waals surface area (Å²) in [4.78, 5) is 22.2. The Balaban J connectivity index is 2.26. The number of amides is 2. The monoisotopic (exact) mass is 340 g/mol. The third kappa shape index (κ3) is 4.51. The molecule has 86 valence electrons. The highest BCUT2D eigenvalue weighted by molar-refractivity contribution is 9.09. The van der Waals surface area contributed by atoms with Crippen LogP contribution in [0.3, 0.4) is 0 Å². The largest absolute Gasteiger partial charge is 0.353 e. The van der Waals surface area contributed by atoms with Crippen LogP contribution in [0.2, 0.25) is 0 Å². The molecule has 4 nitrogen and oxygen atoms in total. The minimum Gasteiger partial charge on any atom is -0.353 e. The van der Waals surface area contributed by atoms with Gasteiger partial charge in [-0.2, -0.15) is 0 Å². The summed E-state index contributed by atoms with van der Waals surface area (Å²) in [7, 11) is 0. The van der Waals surface area contributed by atoms with Crippen LogP contribution < -0.4 is 10.6 Å². The van der Waals surface area contributed by atoms with Gasteiger partial charge >= 0.3 is 0 Å². The van der Waals surface area contributed by atoms with Crippen LogP contribution in [-0.2, 0) is 9.59 Å². The molecule has 2 amide bonds. The van der Waals surface area contributed by atoms with Gasteiger partial charge in [-0.1, -0.05) is 31.9 Å². The van der Waals surface area contributed by atoms with Gasteiger partial charge in [-0.15, -0.1) is 0 Å². The molecule has 0 bridgehead atoms. The fourth-order valence-electron chi connectivity index (χ4n) is 1.78. The highest BCUT2D eigenvalue weighted by Gasteiger charge is 2.26. The quantitative estimate of drug-likeness (QED) is 0.747. The Morgan fingerprint density at radius 1 is 1.00 bits per heavy atom. The van der Waals surface area contributed by atoms with Crippen LogP contribution in [0.5, 0.6) is 0 Å². The van der Waals surface area contributed by atoms with Crippen molar-refractivity contribution in [1.29, 1.82) is 0 Å². The fourth-order valence-corrected chi connectivity index (χ4v) is 2.10. The van der Waals surface area contributed by atoms with E-state index >= 15 is 0 Å². The zero-order valence-electron chi connectivity index (χ0n) is 8.26. The molecule has 1 rings (SSSR count). The maximum Gasteiger partial charge on any atom is 0.230 e. The predicted octanol–water partition coefficient (Wildman–Crippen LogP) is 0.930. The average molecular weight is 342 g/mol. The highest BCUT2D eigenvalue weighted by Crippen LogP contribution is 2.19. The predicted molar refractivity (Wildman–Crippen MR) is 65.3 cm³/mol. The summed E-state index contributed by atoms with van der Waals surface area (Å²) < 4.78 is 0. The van der Waals surface area contributed by atoms with Gasteiger partial charge in [0, 0.05) is 12.1 Å². The number of hydrogen-bond acceptors (Lipinski definition) is 2. The van der Waals surface area contributed by atoms with Crippen molar-refractivity contribution in [3.63, 3.8) is 0 Å². The van der Waals surface area contributed by atoms with E-state index in [0.29, 0.717) is 10.7 Å². The summed E-state index contributed by atoms with van der Waals surface area (Å²) in [5, 5.41) is 6.47. The van der Waals surface area contributed by atoms with Gasteiger partial charge in [0.2, 0.25) is 11.8 Å². The number of carbonyl (C=O) groups is 2. The van der Waals surface area contributed by atoms with Crippen molar-refractivity contribution in [2.45, 2.75) is 31.3 Å². The number of alkyl halides is 2. The van der Waals surface area contributed by atoms with Crippen molar-refractivity contribution in [3.8, 4) is 0 Å². The van der Waals surface area contributed by atoms with Crippen molar-refractivity contribution in [3.05, 3.63) is 0 Å². The molecule has 6 heteroatoms. The third-order valence-electron chi connectivity index (χ3n) is 2.41. The molecule has 0 aliphatic heterocycles. The van der Waals surface area contributed by atoms with E-state index in [1.165, 1.54) is 0 Å². The van der Waals surface area contributed by atoms with Crippen LogP contribution >= 0.6 is 31.9 Å². The van der Waals surface area contributed by atoms with Crippen molar-refractivity contribution >= 4 is 43.7 Å². The molecule has 2 atom stereocenters.